The highest BCUT2D eigenvalue weighted by Crippen LogP contribution is 2.33. The van der Waals surface area contributed by atoms with Gasteiger partial charge in [-0.2, -0.15) is 0 Å². The number of halogens is 3. The molecule has 168 valence electrons. The van der Waals surface area contributed by atoms with Crippen molar-refractivity contribution in [3.05, 3.63) is 87.2 Å². The normalized spacial score (nSPS) is 10.8. The number of rotatable bonds is 7. The molecule has 7 heteroatoms. The first-order chi connectivity index (χ1) is 15.0. The predicted octanol–water partition coefficient (Wildman–Crippen LogP) is 7.41. The molecule has 0 N–H and O–H groups in total. The molecule has 0 unspecified atom stereocenters. The maximum absolute atomic E-state index is 6.29. The average molecular weight is 492 g/mol. The third kappa shape index (κ3) is 4.83. The van der Waals surface area contributed by atoms with Gasteiger partial charge >= 0.3 is 0 Å². The third-order valence-corrected chi connectivity index (χ3v) is 6.18. The SMILES string of the molecule is CCOc1ccccc1COc1ccnc2c(C)c(C)n(Cc3ccc(Cl)c(Cl)c3)c12.Cl. The van der Waals surface area contributed by atoms with E-state index in [1.54, 1.807) is 6.20 Å². The Hall–Kier alpha value is -2.40. The van der Waals surface area contributed by atoms with E-state index < -0.39 is 0 Å². The van der Waals surface area contributed by atoms with Crippen molar-refractivity contribution in [1.82, 2.24) is 9.55 Å². The van der Waals surface area contributed by atoms with E-state index in [1.165, 1.54) is 0 Å². The first-order valence-electron chi connectivity index (χ1n) is 10.2. The van der Waals surface area contributed by atoms with Crippen LogP contribution in [0.25, 0.3) is 11.0 Å². The van der Waals surface area contributed by atoms with Crippen LogP contribution in [0.1, 0.15) is 29.3 Å². The average Bonchev–Trinajstić information content (AvgIpc) is 3.01. The quantitative estimate of drug-likeness (QED) is 0.270. The van der Waals surface area contributed by atoms with Crippen LogP contribution in [-0.4, -0.2) is 16.2 Å². The number of hydrogen-bond donors (Lipinski definition) is 0. The molecule has 0 spiro atoms. The molecule has 0 atom stereocenters. The molecule has 4 rings (SSSR count). The van der Waals surface area contributed by atoms with E-state index in [2.05, 4.69) is 23.4 Å². The number of nitrogens with zero attached hydrogens (tertiary/aromatic N) is 2. The molecule has 4 aromatic rings. The van der Waals surface area contributed by atoms with Crippen molar-refractivity contribution in [1.29, 1.82) is 0 Å². The summed E-state index contributed by atoms with van der Waals surface area (Å²) < 4.78 is 14.3. The molecule has 0 aliphatic rings. The van der Waals surface area contributed by atoms with Crippen molar-refractivity contribution < 1.29 is 9.47 Å². The van der Waals surface area contributed by atoms with E-state index in [0.29, 0.717) is 29.8 Å². The van der Waals surface area contributed by atoms with E-state index in [-0.39, 0.29) is 12.4 Å². The van der Waals surface area contributed by atoms with Crippen LogP contribution in [0.15, 0.2) is 54.7 Å². The zero-order valence-electron chi connectivity index (χ0n) is 18.2. The van der Waals surface area contributed by atoms with E-state index in [1.807, 2.05) is 55.5 Å². The van der Waals surface area contributed by atoms with Crippen LogP contribution in [0.5, 0.6) is 11.5 Å². The molecule has 2 heterocycles. The van der Waals surface area contributed by atoms with Gasteiger partial charge < -0.3 is 14.0 Å². The Balaban J connectivity index is 0.00000289. The van der Waals surface area contributed by atoms with Crippen molar-refractivity contribution >= 4 is 46.6 Å². The van der Waals surface area contributed by atoms with Gasteiger partial charge in [0.05, 0.1) is 22.2 Å². The molecule has 0 aliphatic heterocycles. The molecule has 2 aromatic carbocycles. The third-order valence-electron chi connectivity index (χ3n) is 5.44. The van der Waals surface area contributed by atoms with Gasteiger partial charge in [-0.1, -0.05) is 47.5 Å². The zero-order chi connectivity index (χ0) is 22.0. The summed E-state index contributed by atoms with van der Waals surface area (Å²) in [5.41, 5.74) is 6.25. The molecule has 0 fully saturated rings. The first kappa shape index (κ1) is 24.2. The fourth-order valence-electron chi connectivity index (χ4n) is 3.72. The maximum Gasteiger partial charge on any atom is 0.147 e. The Morgan fingerprint density at radius 2 is 1.72 bits per heavy atom. The van der Waals surface area contributed by atoms with Gasteiger partial charge in [-0.3, -0.25) is 4.98 Å². The smallest absolute Gasteiger partial charge is 0.147 e. The lowest BCUT2D eigenvalue weighted by molar-refractivity contribution is 0.288. The lowest BCUT2D eigenvalue weighted by atomic mass is 10.2. The topological polar surface area (TPSA) is 36.3 Å². The predicted molar refractivity (Wildman–Crippen MR) is 134 cm³/mol. The maximum atomic E-state index is 6.29. The highest BCUT2D eigenvalue weighted by atomic mass is 35.5. The number of pyridine rings is 1. The molecule has 0 radical (unpaired) electrons. The number of ether oxygens (including phenoxy) is 2. The largest absolute Gasteiger partial charge is 0.493 e. The van der Waals surface area contributed by atoms with Crippen LogP contribution in [0.2, 0.25) is 10.0 Å². The highest BCUT2D eigenvalue weighted by Gasteiger charge is 2.17. The van der Waals surface area contributed by atoms with Crippen molar-refractivity contribution in [2.24, 2.45) is 0 Å². The highest BCUT2D eigenvalue weighted by molar-refractivity contribution is 6.42. The van der Waals surface area contributed by atoms with Crippen LogP contribution < -0.4 is 9.47 Å². The van der Waals surface area contributed by atoms with Crippen molar-refractivity contribution in [3.63, 3.8) is 0 Å². The minimum absolute atomic E-state index is 0. The summed E-state index contributed by atoms with van der Waals surface area (Å²) in [6, 6.07) is 15.6. The van der Waals surface area contributed by atoms with Gasteiger partial charge in [0.25, 0.3) is 0 Å². The van der Waals surface area contributed by atoms with Gasteiger partial charge in [0.2, 0.25) is 0 Å². The Kier molecular flexibility index (Phi) is 7.94. The fourth-order valence-corrected chi connectivity index (χ4v) is 4.04. The number of aromatic nitrogens is 2. The van der Waals surface area contributed by atoms with Crippen LogP contribution >= 0.6 is 35.6 Å². The van der Waals surface area contributed by atoms with Gasteiger partial charge in [-0.15, -0.1) is 12.4 Å². The minimum atomic E-state index is 0. The van der Waals surface area contributed by atoms with Crippen molar-refractivity contribution in [2.45, 2.75) is 33.9 Å². The summed E-state index contributed by atoms with van der Waals surface area (Å²) in [4.78, 5) is 4.63. The Labute approximate surface area is 204 Å². The Morgan fingerprint density at radius 1 is 0.938 bits per heavy atom. The van der Waals surface area contributed by atoms with Gasteiger partial charge in [0.1, 0.15) is 23.6 Å². The summed E-state index contributed by atoms with van der Waals surface area (Å²) in [5.74, 6) is 1.63. The Bertz CT molecular complexity index is 1240. The second-order valence-corrected chi connectivity index (χ2v) is 8.20. The van der Waals surface area contributed by atoms with Gasteiger partial charge in [-0.05, 0) is 50.1 Å². The van der Waals surface area contributed by atoms with E-state index in [9.17, 15) is 0 Å². The van der Waals surface area contributed by atoms with Crippen molar-refractivity contribution in [2.75, 3.05) is 6.61 Å². The molecule has 0 bridgehead atoms. The van der Waals surface area contributed by atoms with Crippen LogP contribution in [0.3, 0.4) is 0 Å². The minimum Gasteiger partial charge on any atom is -0.493 e. The standard InChI is InChI=1S/C25H24Cl2N2O2.ClH/c1-4-30-22-8-6-5-7-19(22)15-31-23-11-12-28-24-16(2)17(3)29(25(23)24)14-18-9-10-20(26)21(27)13-18;/h5-13H,4,14-15H2,1-3H3;1H. The zero-order valence-corrected chi connectivity index (χ0v) is 20.5. The second-order valence-electron chi connectivity index (χ2n) is 7.38. The Morgan fingerprint density at radius 3 is 2.47 bits per heavy atom. The molecular weight excluding hydrogens is 467 g/mol. The lowest BCUT2D eigenvalue weighted by Gasteiger charge is -2.14. The number of para-hydroxylation sites is 1. The molecular formula is C25H25Cl3N2O2. The molecule has 2 aromatic heterocycles. The van der Waals surface area contributed by atoms with Crippen molar-refractivity contribution in [3.8, 4) is 11.5 Å². The summed E-state index contributed by atoms with van der Waals surface area (Å²) in [7, 11) is 0. The number of aryl methyl sites for hydroxylation is 1. The summed E-state index contributed by atoms with van der Waals surface area (Å²) >= 11 is 12.3. The van der Waals surface area contributed by atoms with E-state index in [4.69, 9.17) is 32.7 Å². The lowest BCUT2D eigenvalue weighted by Crippen LogP contribution is -2.05. The number of fused-ring (bicyclic) bond motifs is 1. The molecule has 0 saturated heterocycles. The van der Waals surface area contributed by atoms with Crippen LogP contribution in [-0.2, 0) is 13.2 Å². The molecule has 4 nitrogen and oxygen atoms in total. The summed E-state index contributed by atoms with van der Waals surface area (Å²) in [5, 5.41) is 1.10. The molecule has 0 saturated carbocycles. The first-order valence-corrected chi connectivity index (χ1v) is 11.0. The van der Waals surface area contributed by atoms with Crippen LogP contribution in [0, 0.1) is 13.8 Å². The number of hydrogen-bond acceptors (Lipinski definition) is 3. The van der Waals surface area contributed by atoms with Gasteiger partial charge in [0.15, 0.2) is 0 Å². The summed E-state index contributed by atoms with van der Waals surface area (Å²) in [6.07, 6.45) is 1.79. The molecule has 0 amide bonds. The monoisotopic (exact) mass is 490 g/mol. The fraction of sp³-hybridized carbons (Fsp3) is 0.240. The van der Waals surface area contributed by atoms with Crippen LogP contribution in [0.4, 0.5) is 0 Å². The van der Waals surface area contributed by atoms with E-state index in [0.717, 1.165) is 44.9 Å². The van der Waals surface area contributed by atoms with Gasteiger partial charge in [-0.25, -0.2) is 0 Å². The number of benzene rings is 2. The van der Waals surface area contributed by atoms with Gasteiger partial charge in [0, 0.05) is 30.1 Å². The molecule has 32 heavy (non-hydrogen) atoms. The summed E-state index contributed by atoms with van der Waals surface area (Å²) in [6.45, 7) is 7.83. The van der Waals surface area contributed by atoms with E-state index >= 15 is 0 Å². The molecule has 0 aliphatic carbocycles. The second kappa shape index (κ2) is 10.5.